The number of aromatic nitrogens is 1. The number of nitrogens with one attached hydrogen (secondary N) is 1. The van der Waals surface area contributed by atoms with Gasteiger partial charge in [-0.05, 0) is 19.1 Å². The third-order valence-electron chi connectivity index (χ3n) is 2.53. The van der Waals surface area contributed by atoms with E-state index in [9.17, 15) is 9.59 Å². The number of para-hydroxylation sites is 1. The summed E-state index contributed by atoms with van der Waals surface area (Å²) in [7, 11) is 1.30. The summed E-state index contributed by atoms with van der Waals surface area (Å²) in [6.07, 6.45) is 0. The van der Waals surface area contributed by atoms with Crippen molar-refractivity contribution in [2.75, 3.05) is 12.4 Å². The van der Waals surface area contributed by atoms with Crippen LogP contribution in [0.4, 0.5) is 5.69 Å². The number of carbonyl (C=O) groups is 2. The molecule has 0 saturated carbocycles. The first kappa shape index (κ1) is 13.2. The minimum absolute atomic E-state index is 0.281. The second kappa shape index (κ2) is 5.62. The highest BCUT2D eigenvalue weighted by Gasteiger charge is 2.16. The molecule has 2 aromatic rings. The standard InChI is InChI=1S/C13H12N2O3S/c1-8-11(19-7-14-8)12(16)15-10-6-4-3-5-9(10)13(17)18-2/h3-7H,1-2H3,(H,15,16). The molecule has 1 N–H and O–H groups in total. The van der Waals surface area contributed by atoms with Gasteiger partial charge in [-0.25, -0.2) is 9.78 Å². The van der Waals surface area contributed by atoms with Crippen molar-refractivity contribution in [3.05, 3.63) is 45.9 Å². The lowest BCUT2D eigenvalue weighted by Crippen LogP contribution is -2.15. The van der Waals surface area contributed by atoms with Crippen LogP contribution in [0.1, 0.15) is 25.7 Å². The van der Waals surface area contributed by atoms with Crippen molar-refractivity contribution in [3.8, 4) is 0 Å². The summed E-state index contributed by atoms with van der Waals surface area (Å²) < 4.78 is 4.67. The molecule has 0 bridgehead atoms. The monoisotopic (exact) mass is 276 g/mol. The maximum Gasteiger partial charge on any atom is 0.339 e. The number of carbonyl (C=O) groups excluding carboxylic acids is 2. The number of nitrogens with zero attached hydrogens (tertiary/aromatic N) is 1. The summed E-state index contributed by atoms with van der Waals surface area (Å²) in [6, 6.07) is 6.70. The highest BCUT2D eigenvalue weighted by atomic mass is 32.1. The van der Waals surface area contributed by atoms with Crippen molar-refractivity contribution in [1.82, 2.24) is 4.98 Å². The van der Waals surface area contributed by atoms with Gasteiger partial charge in [-0.3, -0.25) is 4.79 Å². The molecule has 98 valence electrons. The minimum atomic E-state index is -0.489. The van der Waals surface area contributed by atoms with Crippen LogP contribution in [0.15, 0.2) is 29.8 Å². The molecule has 1 heterocycles. The van der Waals surface area contributed by atoms with Gasteiger partial charge in [0.15, 0.2) is 0 Å². The van der Waals surface area contributed by atoms with Gasteiger partial charge in [0.2, 0.25) is 0 Å². The van der Waals surface area contributed by atoms with Crippen LogP contribution < -0.4 is 5.32 Å². The summed E-state index contributed by atoms with van der Waals surface area (Å²) >= 11 is 1.26. The van der Waals surface area contributed by atoms with Gasteiger partial charge in [0.1, 0.15) is 4.88 Å². The lowest BCUT2D eigenvalue weighted by molar-refractivity contribution is 0.0602. The molecule has 0 saturated heterocycles. The summed E-state index contributed by atoms with van der Waals surface area (Å²) in [5, 5.41) is 2.70. The number of rotatable bonds is 3. The topological polar surface area (TPSA) is 68.3 Å². The average molecular weight is 276 g/mol. The predicted molar refractivity (Wildman–Crippen MR) is 72.6 cm³/mol. The van der Waals surface area contributed by atoms with Crippen LogP contribution in [0.3, 0.4) is 0 Å². The highest BCUT2D eigenvalue weighted by Crippen LogP contribution is 2.19. The first-order valence-electron chi connectivity index (χ1n) is 5.52. The SMILES string of the molecule is COC(=O)c1ccccc1NC(=O)c1scnc1C. The van der Waals surface area contributed by atoms with Crippen LogP contribution >= 0.6 is 11.3 Å². The van der Waals surface area contributed by atoms with E-state index in [0.29, 0.717) is 21.8 Å². The number of ether oxygens (including phenoxy) is 1. The Balaban J connectivity index is 2.27. The molecule has 0 fully saturated rings. The Morgan fingerprint density at radius 3 is 2.68 bits per heavy atom. The molecule has 1 amide bonds. The molecule has 0 aliphatic rings. The van der Waals surface area contributed by atoms with Gasteiger partial charge in [0.05, 0.1) is 29.6 Å². The number of anilines is 1. The predicted octanol–water partition coefficient (Wildman–Crippen LogP) is 2.49. The third kappa shape index (κ3) is 2.79. The van der Waals surface area contributed by atoms with E-state index >= 15 is 0 Å². The molecule has 6 heteroatoms. The Morgan fingerprint density at radius 2 is 2.05 bits per heavy atom. The van der Waals surface area contributed by atoms with Gasteiger partial charge in [-0.1, -0.05) is 12.1 Å². The van der Waals surface area contributed by atoms with Crippen LogP contribution in [-0.2, 0) is 4.74 Å². The van der Waals surface area contributed by atoms with Crippen molar-refractivity contribution >= 4 is 28.9 Å². The smallest absolute Gasteiger partial charge is 0.339 e. The molecule has 19 heavy (non-hydrogen) atoms. The van der Waals surface area contributed by atoms with Gasteiger partial charge in [0.25, 0.3) is 5.91 Å². The number of hydrogen-bond acceptors (Lipinski definition) is 5. The third-order valence-corrected chi connectivity index (χ3v) is 3.46. The molecule has 0 radical (unpaired) electrons. The zero-order valence-electron chi connectivity index (χ0n) is 10.5. The molecule has 1 aromatic heterocycles. The van der Waals surface area contributed by atoms with Gasteiger partial charge < -0.3 is 10.1 Å². The molecule has 1 aromatic carbocycles. The summed E-state index contributed by atoms with van der Waals surface area (Å²) in [6.45, 7) is 1.76. The van der Waals surface area contributed by atoms with Crippen molar-refractivity contribution in [2.24, 2.45) is 0 Å². The zero-order chi connectivity index (χ0) is 13.8. The first-order chi connectivity index (χ1) is 9.13. The summed E-state index contributed by atoms with van der Waals surface area (Å²) in [5.41, 5.74) is 3.02. The van der Waals surface area contributed by atoms with Crippen molar-refractivity contribution in [1.29, 1.82) is 0 Å². The summed E-state index contributed by atoms with van der Waals surface area (Å²) in [5.74, 6) is -0.770. The quantitative estimate of drug-likeness (QED) is 0.874. The number of benzene rings is 1. The fraction of sp³-hybridized carbons (Fsp3) is 0.154. The van der Waals surface area contributed by atoms with Crippen LogP contribution in [0, 0.1) is 6.92 Å². The number of hydrogen-bond donors (Lipinski definition) is 1. The molecule has 0 aliphatic carbocycles. The maximum atomic E-state index is 12.1. The number of amides is 1. The lowest BCUT2D eigenvalue weighted by atomic mass is 10.1. The van der Waals surface area contributed by atoms with Gasteiger partial charge in [-0.15, -0.1) is 11.3 Å². The van der Waals surface area contributed by atoms with Gasteiger partial charge in [-0.2, -0.15) is 0 Å². The lowest BCUT2D eigenvalue weighted by Gasteiger charge is -2.08. The van der Waals surface area contributed by atoms with E-state index < -0.39 is 5.97 Å². The Kier molecular flexibility index (Phi) is 3.91. The van der Waals surface area contributed by atoms with E-state index in [4.69, 9.17) is 0 Å². The van der Waals surface area contributed by atoms with Crippen molar-refractivity contribution in [2.45, 2.75) is 6.92 Å². The number of methoxy groups -OCH3 is 1. The Morgan fingerprint density at radius 1 is 1.32 bits per heavy atom. The molecule has 0 atom stereocenters. The fourth-order valence-corrected chi connectivity index (χ4v) is 2.28. The van der Waals surface area contributed by atoms with E-state index in [1.165, 1.54) is 18.4 Å². The summed E-state index contributed by atoms with van der Waals surface area (Å²) in [4.78, 5) is 28.2. The number of aryl methyl sites for hydroxylation is 1. The first-order valence-corrected chi connectivity index (χ1v) is 6.40. The fourth-order valence-electron chi connectivity index (χ4n) is 1.58. The Labute approximate surface area is 114 Å². The molecule has 0 spiro atoms. The molecule has 0 unspecified atom stereocenters. The van der Waals surface area contributed by atoms with Gasteiger partial charge in [0, 0.05) is 0 Å². The highest BCUT2D eigenvalue weighted by molar-refractivity contribution is 7.12. The number of thiazole rings is 1. The average Bonchev–Trinajstić information content (AvgIpc) is 2.85. The second-order valence-electron chi connectivity index (χ2n) is 3.76. The minimum Gasteiger partial charge on any atom is -0.465 e. The van der Waals surface area contributed by atoms with E-state index in [1.54, 1.807) is 36.7 Å². The molecular weight excluding hydrogens is 264 g/mol. The normalized spacial score (nSPS) is 10.0. The van der Waals surface area contributed by atoms with Crippen LogP contribution in [0.2, 0.25) is 0 Å². The van der Waals surface area contributed by atoms with E-state index in [-0.39, 0.29) is 5.91 Å². The molecular formula is C13H12N2O3S. The van der Waals surface area contributed by atoms with Gasteiger partial charge >= 0.3 is 5.97 Å². The molecule has 5 nitrogen and oxygen atoms in total. The van der Waals surface area contributed by atoms with E-state index in [2.05, 4.69) is 15.0 Å². The van der Waals surface area contributed by atoms with E-state index in [0.717, 1.165) is 0 Å². The number of esters is 1. The Hall–Kier alpha value is -2.21. The van der Waals surface area contributed by atoms with Crippen molar-refractivity contribution in [3.63, 3.8) is 0 Å². The second-order valence-corrected chi connectivity index (χ2v) is 4.61. The molecule has 2 rings (SSSR count). The van der Waals surface area contributed by atoms with Crippen molar-refractivity contribution < 1.29 is 14.3 Å². The van der Waals surface area contributed by atoms with Crippen LogP contribution in [0.25, 0.3) is 0 Å². The van der Waals surface area contributed by atoms with E-state index in [1.807, 2.05) is 0 Å². The maximum absolute atomic E-state index is 12.1. The van der Waals surface area contributed by atoms with Crippen LogP contribution in [-0.4, -0.2) is 24.0 Å². The largest absolute Gasteiger partial charge is 0.465 e. The molecule has 0 aliphatic heterocycles. The Bertz CT molecular complexity index is 622. The zero-order valence-corrected chi connectivity index (χ0v) is 11.3. The van der Waals surface area contributed by atoms with Crippen LogP contribution in [0.5, 0.6) is 0 Å².